The van der Waals surface area contributed by atoms with Crippen molar-refractivity contribution in [2.75, 3.05) is 0 Å². The zero-order chi connectivity index (χ0) is 10.1. The van der Waals surface area contributed by atoms with Crippen LogP contribution in [0.1, 0.15) is 32.4 Å². The second-order valence-corrected chi connectivity index (χ2v) is 4.69. The Morgan fingerprint density at radius 3 is 2.86 bits per heavy atom. The first-order chi connectivity index (χ1) is 6.70. The molecule has 1 saturated carbocycles. The Balaban J connectivity index is 2.01. The number of rotatable bonds is 4. The van der Waals surface area contributed by atoms with Crippen molar-refractivity contribution in [3.8, 4) is 10.3 Å². The van der Waals surface area contributed by atoms with E-state index in [4.69, 9.17) is 4.74 Å². The number of hydrogen-bond donors (Lipinski definition) is 1. The molecule has 1 heterocycles. The Morgan fingerprint density at radius 1 is 1.64 bits per heavy atom. The molecule has 0 aliphatic heterocycles. The summed E-state index contributed by atoms with van der Waals surface area (Å²) in [4.78, 5) is 4.22. The molecule has 0 spiro atoms. The summed E-state index contributed by atoms with van der Waals surface area (Å²) >= 11 is 1.23. The zero-order valence-corrected chi connectivity index (χ0v) is 9.30. The fourth-order valence-corrected chi connectivity index (χ4v) is 2.25. The number of aryl methyl sites for hydroxylation is 1. The van der Waals surface area contributed by atoms with E-state index in [2.05, 4.69) is 11.9 Å². The van der Waals surface area contributed by atoms with Crippen molar-refractivity contribution in [1.29, 1.82) is 0 Å². The first kappa shape index (κ1) is 9.77. The molecule has 1 aliphatic rings. The average molecular weight is 213 g/mol. The molecule has 1 fully saturated rings. The summed E-state index contributed by atoms with van der Waals surface area (Å²) in [6.07, 6.45) is 3.52. The van der Waals surface area contributed by atoms with Crippen LogP contribution in [-0.4, -0.2) is 16.2 Å². The van der Waals surface area contributed by atoms with Gasteiger partial charge in [-0.1, -0.05) is 6.92 Å². The number of aromatic hydroxyl groups is 1. The maximum Gasteiger partial charge on any atom is 0.277 e. The fraction of sp³-hybridized carbons (Fsp3) is 0.700. The van der Waals surface area contributed by atoms with Crippen molar-refractivity contribution in [3.05, 3.63) is 5.69 Å². The van der Waals surface area contributed by atoms with Crippen LogP contribution < -0.4 is 4.74 Å². The van der Waals surface area contributed by atoms with Crippen LogP contribution in [0.5, 0.6) is 10.3 Å². The standard InChI is InChI=1S/C10H15NO2S/c1-3-8-9(12)14-10(11-8)13-6(2)7-4-5-7/h6-7,12H,3-5H2,1-2H3. The first-order valence-corrected chi connectivity index (χ1v) is 5.87. The minimum absolute atomic E-state index is 0.241. The van der Waals surface area contributed by atoms with Crippen LogP contribution in [0.15, 0.2) is 0 Å². The molecule has 1 aromatic heterocycles. The quantitative estimate of drug-likeness (QED) is 0.836. The van der Waals surface area contributed by atoms with Crippen molar-refractivity contribution in [2.45, 2.75) is 39.2 Å². The van der Waals surface area contributed by atoms with Gasteiger partial charge in [0.1, 0.15) is 6.10 Å². The molecular weight excluding hydrogens is 198 g/mol. The van der Waals surface area contributed by atoms with Crippen molar-refractivity contribution in [2.24, 2.45) is 5.92 Å². The van der Waals surface area contributed by atoms with Gasteiger partial charge in [0.25, 0.3) is 5.19 Å². The van der Waals surface area contributed by atoms with E-state index in [9.17, 15) is 5.11 Å². The lowest BCUT2D eigenvalue weighted by Gasteiger charge is -2.09. The summed E-state index contributed by atoms with van der Waals surface area (Å²) in [5.41, 5.74) is 0.744. The number of hydrogen-bond acceptors (Lipinski definition) is 4. The van der Waals surface area contributed by atoms with Gasteiger partial charge in [-0.05, 0) is 43.4 Å². The Kier molecular flexibility index (Phi) is 2.63. The van der Waals surface area contributed by atoms with E-state index in [0.717, 1.165) is 12.1 Å². The Labute approximate surface area is 87.7 Å². The molecule has 1 unspecified atom stereocenters. The molecule has 1 aliphatic carbocycles. The molecule has 0 amide bonds. The third kappa shape index (κ3) is 2.00. The van der Waals surface area contributed by atoms with Gasteiger partial charge in [0.2, 0.25) is 0 Å². The minimum Gasteiger partial charge on any atom is -0.498 e. The molecule has 0 bridgehead atoms. The maximum atomic E-state index is 9.47. The average Bonchev–Trinajstić information content (AvgIpc) is 2.92. The summed E-state index contributed by atoms with van der Waals surface area (Å²) in [6.45, 7) is 4.05. The lowest BCUT2D eigenvalue weighted by atomic mass is 10.3. The molecule has 4 heteroatoms. The molecule has 1 aromatic rings. The van der Waals surface area contributed by atoms with Crippen molar-refractivity contribution >= 4 is 11.3 Å². The van der Waals surface area contributed by atoms with Crippen molar-refractivity contribution in [3.63, 3.8) is 0 Å². The monoisotopic (exact) mass is 213 g/mol. The summed E-state index contributed by atoms with van der Waals surface area (Å²) < 4.78 is 5.65. The number of thiazole rings is 1. The molecule has 2 rings (SSSR count). The SMILES string of the molecule is CCc1nc(OC(C)C2CC2)sc1O. The van der Waals surface area contributed by atoms with E-state index < -0.39 is 0 Å². The molecule has 0 aromatic carbocycles. The molecule has 0 saturated heterocycles. The van der Waals surface area contributed by atoms with E-state index in [1.807, 2.05) is 6.92 Å². The maximum absolute atomic E-state index is 9.47. The zero-order valence-electron chi connectivity index (χ0n) is 8.49. The van der Waals surface area contributed by atoms with E-state index in [1.165, 1.54) is 24.2 Å². The normalized spacial score (nSPS) is 18.1. The van der Waals surface area contributed by atoms with Gasteiger partial charge in [0, 0.05) is 0 Å². The van der Waals surface area contributed by atoms with Gasteiger partial charge < -0.3 is 9.84 Å². The van der Waals surface area contributed by atoms with Gasteiger partial charge in [-0.2, -0.15) is 0 Å². The summed E-state index contributed by atoms with van der Waals surface area (Å²) in [7, 11) is 0. The Hall–Kier alpha value is -0.770. The van der Waals surface area contributed by atoms with Crippen LogP contribution in [0.4, 0.5) is 0 Å². The van der Waals surface area contributed by atoms with E-state index in [0.29, 0.717) is 16.2 Å². The van der Waals surface area contributed by atoms with Crippen LogP contribution in [0, 0.1) is 5.92 Å². The fourth-order valence-electron chi connectivity index (χ4n) is 1.42. The highest BCUT2D eigenvalue weighted by molar-refractivity contribution is 7.15. The van der Waals surface area contributed by atoms with Crippen LogP contribution in [0.25, 0.3) is 0 Å². The van der Waals surface area contributed by atoms with E-state index in [1.54, 1.807) is 0 Å². The molecule has 78 valence electrons. The van der Waals surface area contributed by atoms with Crippen LogP contribution in [-0.2, 0) is 6.42 Å². The minimum atomic E-state index is 0.241. The molecule has 0 radical (unpaired) electrons. The Morgan fingerprint density at radius 2 is 2.36 bits per heavy atom. The van der Waals surface area contributed by atoms with E-state index in [-0.39, 0.29) is 6.10 Å². The van der Waals surface area contributed by atoms with Gasteiger partial charge in [-0.3, -0.25) is 0 Å². The van der Waals surface area contributed by atoms with Crippen LogP contribution in [0.2, 0.25) is 0 Å². The van der Waals surface area contributed by atoms with Gasteiger partial charge in [-0.15, -0.1) is 0 Å². The van der Waals surface area contributed by atoms with Gasteiger partial charge in [0.05, 0.1) is 5.69 Å². The second-order valence-electron chi connectivity index (χ2n) is 3.75. The predicted octanol–water partition coefficient (Wildman–Crippen LogP) is 2.59. The highest BCUT2D eigenvalue weighted by atomic mass is 32.1. The highest BCUT2D eigenvalue weighted by Crippen LogP contribution is 2.37. The molecular formula is C10H15NO2S. The van der Waals surface area contributed by atoms with Gasteiger partial charge in [0.15, 0.2) is 5.06 Å². The van der Waals surface area contributed by atoms with Crippen molar-refractivity contribution in [1.82, 2.24) is 4.98 Å². The first-order valence-electron chi connectivity index (χ1n) is 5.06. The second kappa shape index (κ2) is 3.77. The number of aromatic nitrogens is 1. The van der Waals surface area contributed by atoms with Crippen LogP contribution >= 0.6 is 11.3 Å². The smallest absolute Gasteiger partial charge is 0.277 e. The summed E-state index contributed by atoms with van der Waals surface area (Å²) in [6, 6.07) is 0. The third-order valence-electron chi connectivity index (χ3n) is 2.56. The van der Waals surface area contributed by atoms with E-state index >= 15 is 0 Å². The lowest BCUT2D eigenvalue weighted by molar-refractivity contribution is 0.197. The molecule has 1 atom stereocenters. The highest BCUT2D eigenvalue weighted by Gasteiger charge is 2.30. The van der Waals surface area contributed by atoms with Gasteiger partial charge in [-0.25, -0.2) is 4.98 Å². The Bertz CT molecular complexity index is 320. The van der Waals surface area contributed by atoms with Gasteiger partial charge >= 0.3 is 0 Å². The topological polar surface area (TPSA) is 42.4 Å². The largest absolute Gasteiger partial charge is 0.498 e. The molecule has 14 heavy (non-hydrogen) atoms. The molecule has 1 N–H and O–H groups in total. The summed E-state index contributed by atoms with van der Waals surface area (Å²) in [5.74, 6) is 0.700. The lowest BCUT2D eigenvalue weighted by Crippen LogP contribution is -2.13. The van der Waals surface area contributed by atoms with Crippen molar-refractivity contribution < 1.29 is 9.84 Å². The molecule has 3 nitrogen and oxygen atoms in total. The number of ether oxygens (including phenoxy) is 1. The number of nitrogens with zero attached hydrogens (tertiary/aromatic N) is 1. The summed E-state index contributed by atoms with van der Waals surface area (Å²) in [5, 5.41) is 10.4. The predicted molar refractivity (Wildman–Crippen MR) is 56.0 cm³/mol. The third-order valence-corrected chi connectivity index (χ3v) is 3.36. The van der Waals surface area contributed by atoms with Crippen LogP contribution in [0.3, 0.4) is 0 Å².